The Kier molecular flexibility index (Phi) is 12.9. The smallest absolute Gasteiger partial charge is 0.333 e. The Morgan fingerprint density at radius 1 is 0.955 bits per heavy atom. The highest BCUT2D eigenvalue weighted by Crippen LogP contribution is 2.72. The van der Waals surface area contributed by atoms with E-state index in [0.29, 0.717) is 56.0 Å². The van der Waals surface area contributed by atoms with Gasteiger partial charge in [-0.25, -0.2) is 4.79 Å². The van der Waals surface area contributed by atoms with Crippen LogP contribution < -0.4 is 19.5 Å². The van der Waals surface area contributed by atoms with Gasteiger partial charge in [0.1, 0.15) is 52.8 Å². The summed E-state index contributed by atoms with van der Waals surface area (Å²) in [7, 11) is 3.02. The Morgan fingerprint density at radius 3 is 2.29 bits per heavy atom. The number of methoxy groups -OCH3 is 1. The van der Waals surface area contributed by atoms with Crippen molar-refractivity contribution in [3.05, 3.63) is 57.7 Å². The second-order valence-electron chi connectivity index (χ2n) is 20.4. The lowest BCUT2D eigenvalue weighted by Gasteiger charge is -2.68. The minimum absolute atomic E-state index is 0.0260. The van der Waals surface area contributed by atoms with Gasteiger partial charge in [-0.05, 0) is 100 Å². The Hall–Kier alpha value is -3.97. The molecule has 16 heteroatoms. The number of allylic oxidation sites excluding steroid dienone is 4. The molecule has 1 aromatic carbocycles. The first-order valence-corrected chi connectivity index (χ1v) is 23.3. The second-order valence-corrected chi connectivity index (χ2v) is 20.4. The fraction of sp³-hybridized carbons (Fsp3) is 0.660. The number of aliphatic hydroxyl groups excluding tert-OH is 4. The molecule has 6 fully saturated rings. The van der Waals surface area contributed by atoms with Gasteiger partial charge in [0.25, 0.3) is 0 Å². The predicted octanol–water partition coefficient (Wildman–Crippen LogP) is 3.53. The Labute approximate surface area is 386 Å². The maximum Gasteiger partial charge on any atom is 0.333 e. The average Bonchev–Trinajstić information content (AvgIpc) is 3.43. The highest BCUT2D eigenvalue weighted by molar-refractivity contribution is 6.12. The van der Waals surface area contributed by atoms with Crippen molar-refractivity contribution in [3.8, 4) is 17.2 Å². The molecule has 12 atom stereocenters. The molecule has 362 valence electrons. The third-order valence-corrected chi connectivity index (χ3v) is 15.3. The van der Waals surface area contributed by atoms with Crippen LogP contribution in [-0.4, -0.2) is 155 Å². The molecule has 5 heterocycles. The van der Waals surface area contributed by atoms with E-state index in [1.807, 2.05) is 66.7 Å². The van der Waals surface area contributed by atoms with Crippen LogP contribution in [0, 0.1) is 11.8 Å². The number of nitrogens with one attached hydrogen (secondary N) is 1. The van der Waals surface area contributed by atoms with Gasteiger partial charge in [0.15, 0.2) is 22.8 Å². The van der Waals surface area contributed by atoms with Gasteiger partial charge < -0.3 is 58.9 Å². The van der Waals surface area contributed by atoms with E-state index in [2.05, 4.69) is 16.3 Å². The number of rotatable bonds is 13. The Morgan fingerprint density at radius 2 is 1.65 bits per heavy atom. The lowest BCUT2D eigenvalue weighted by atomic mass is 9.42. The summed E-state index contributed by atoms with van der Waals surface area (Å²) in [6, 6.07) is -0.783. The predicted molar refractivity (Wildman–Crippen MR) is 241 cm³/mol. The van der Waals surface area contributed by atoms with Crippen LogP contribution in [0.25, 0.3) is 6.08 Å². The topological polar surface area (TPSA) is 212 Å². The fourth-order valence-corrected chi connectivity index (χ4v) is 12.1. The van der Waals surface area contributed by atoms with E-state index < -0.39 is 94.9 Å². The molecule has 0 amide bonds. The molecule has 16 nitrogen and oxygen atoms in total. The largest absolute Gasteiger partial charge is 0.482 e. The van der Waals surface area contributed by atoms with Crippen molar-refractivity contribution >= 4 is 23.6 Å². The quantitative estimate of drug-likeness (QED) is 0.109. The molecule has 0 radical (unpaired) electrons. The maximum absolute atomic E-state index is 16.7. The molecule has 1 aromatic rings. The summed E-state index contributed by atoms with van der Waals surface area (Å²) >= 11 is 0. The molecule has 0 aromatic heterocycles. The van der Waals surface area contributed by atoms with Crippen LogP contribution in [0.5, 0.6) is 17.2 Å². The molecule has 5 N–H and O–H groups in total. The normalized spacial score (nSPS) is 37.5. The number of hydrogen-bond donors (Lipinski definition) is 5. The number of likely N-dealkylation sites (N-methyl/N-ethyl adjacent to an activating group) is 1. The van der Waals surface area contributed by atoms with Crippen LogP contribution in [0.1, 0.15) is 103 Å². The lowest BCUT2D eigenvalue weighted by Crippen LogP contribution is -2.90. The molecule has 5 aliphatic heterocycles. The summed E-state index contributed by atoms with van der Waals surface area (Å²) in [6.45, 7) is 16.3. The molecule has 3 aliphatic carbocycles. The number of nitrogens with zero attached hydrogens (tertiary/aromatic N) is 1. The second kappa shape index (κ2) is 17.5. The number of fused-ring (bicyclic) bond motifs is 2. The number of ether oxygens (including phenoxy) is 7. The summed E-state index contributed by atoms with van der Waals surface area (Å²) in [6.07, 6.45) is 2.97. The number of esters is 1. The average molecular weight is 921 g/mol. The molecule has 9 rings (SSSR count). The number of ketones is 2. The molecular formula is C50H68N2O14. The summed E-state index contributed by atoms with van der Waals surface area (Å²) < 4.78 is 45.6. The number of aliphatic hydroxyl groups is 4. The molecule has 4 bridgehead atoms. The van der Waals surface area contributed by atoms with E-state index in [0.717, 1.165) is 11.1 Å². The maximum atomic E-state index is 16.7. The third-order valence-electron chi connectivity index (χ3n) is 15.3. The van der Waals surface area contributed by atoms with Gasteiger partial charge in [-0.1, -0.05) is 29.4 Å². The number of hydrogen-bond acceptors (Lipinski definition) is 16. The molecule has 3 saturated carbocycles. The molecular weight excluding hydrogens is 853 g/mol. The van der Waals surface area contributed by atoms with E-state index in [1.54, 1.807) is 20.0 Å². The first-order valence-electron chi connectivity index (χ1n) is 23.3. The first-order chi connectivity index (χ1) is 31.2. The highest BCUT2D eigenvalue weighted by atomic mass is 16.7. The molecule has 66 heavy (non-hydrogen) atoms. The Bertz CT molecular complexity index is 2250. The minimum atomic E-state index is -1.82. The molecule has 7 unspecified atom stereocenters. The number of carbonyl (C=O) groups excluding carboxylic acids is 3. The standard InChI is InChI=1S/C50H68N2O14/c1-26(2)12-11-17-47(8)18-16-30-39(64-47)29(14-13-27(3)4)41-33(40(30)63-44-38(57)37(56)35(54)31(25-53)62-44)36(55)34-42(52-20-22-61-23-21-52)48(51-9)24-32-46(6,7)66-49(45(48)59,50(32,34)65-41)19-15-28(5)43(58)60-10/h12-13,15-16,18,31-32,34-35,37-38,42,44,51,53-54,56-57H,11,14,17,19-25H2,1-10H3/t31-,32?,34?,35-,37+,38-,42?,44+,47?,48?,49?,50?/m1/s1. The fourth-order valence-electron chi connectivity index (χ4n) is 12.1. The number of carbonyl (C=O) groups is 3. The van der Waals surface area contributed by atoms with Crippen molar-refractivity contribution in [2.24, 2.45) is 11.8 Å². The summed E-state index contributed by atoms with van der Waals surface area (Å²) in [4.78, 5) is 47.8. The number of benzene rings is 1. The van der Waals surface area contributed by atoms with Gasteiger partial charge in [-0.2, -0.15) is 0 Å². The monoisotopic (exact) mass is 920 g/mol. The van der Waals surface area contributed by atoms with Crippen molar-refractivity contribution in [2.75, 3.05) is 47.1 Å². The SMILES string of the molecule is CNC12CC3C(C)(C)OC(CC=C(C)C(=O)OC)(C1=O)C31Oc3c(CC=C(C)C)c4c(c(O[C@@H]5O[C@H](CO)[C@@H](O)[C@H](O)[C@H]5O)c3C(=O)C1C2N1CCOCC1)C=CC(C)(CCC=C(C)C)O4. The van der Waals surface area contributed by atoms with E-state index in [9.17, 15) is 25.2 Å². The summed E-state index contributed by atoms with van der Waals surface area (Å²) in [5.41, 5.74) is -3.41. The van der Waals surface area contributed by atoms with Crippen LogP contribution in [0.4, 0.5) is 0 Å². The van der Waals surface area contributed by atoms with E-state index in [-0.39, 0.29) is 47.7 Å². The Balaban J connectivity index is 1.45. The molecule has 3 saturated heterocycles. The van der Waals surface area contributed by atoms with Gasteiger partial charge in [-0.3, -0.25) is 14.5 Å². The number of morpholine rings is 1. The zero-order valence-electron chi connectivity index (χ0n) is 39.9. The highest BCUT2D eigenvalue weighted by Gasteiger charge is 2.89. The van der Waals surface area contributed by atoms with Crippen molar-refractivity contribution in [1.29, 1.82) is 0 Å². The van der Waals surface area contributed by atoms with E-state index in [4.69, 9.17) is 33.2 Å². The van der Waals surface area contributed by atoms with Crippen molar-refractivity contribution in [3.63, 3.8) is 0 Å². The van der Waals surface area contributed by atoms with Gasteiger partial charge >= 0.3 is 5.97 Å². The van der Waals surface area contributed by atoms with Crippen molar-refractivity contribution < 1.29 is 68.0 Å². The van der Waals surface area contributed by atoms with Crippen LogP contribution in [-0.2, 0) is 35.0 Å². The summed E-state index contributed by atoms with van der Waals surface area (Å²) in [5, 5.41) is 46.9. The van der Waals surface area contributed by atoms with E-state index in [1.165, 1.54) is 7.11 Å². The van der Waals surface area contributed by atoms with Crippen molar-refractivity contribution in [1.82, 2.24) is 10.2 Å². The van der Waals surface area contributed by atoms with Gasteiger partial charge in [-0.15, -0.1) is 0 Å². The van der Waals surface area contributed by atoms with E-state index >= 15 is 9.59 Å². The van der Waals surface area contributed by atoms with Crippen LogP contribution in [0.15, 0.2) is 41.0 Å². The minimum Gasteiger partial charge on any atom is -0.482 e. The van der Waals surface area contributed by atoms with Gasteiger partial charge in [0.2, 0.25) is 6.29 Å². The van der Waals surface area contributed by atoms with Gasteiger partial charge in [0.05, 0.1) is 49.6 Å². The van der Waals surface area contributed by atoms with Crippen LogP contribution >= 0.6 is 0 Å². The summed E-state index contributed by atoms with van der Waals surface area (Å²) in [5.74, 6) is -2.53. The van der Waals surface area contributed by atoms with Crippen LogP contribution in [0.2, 0.25) is 0 Å². The zero-order chi connectivity index (χ0) is 47.9. The molecule has 8 aliphatic rings. The number of Topliss-reactive ketones (excluding diaryl/α,β-unsaturated/α-hetero) is 2. The molecule has 1 spiro atoms. The van der Waals surface area contributed by atoms with Gasteiger partial charge in [0, 0.05) is 42.6 Å². The third kappa shape index (κ3) is 7.32. The zero-order valence-corrected chi connectivity index (χ0v) is 39.9. The first kappa shape index (κ1) is 48.5. The van der Waals surface area contributed by atoms with Crippen molar-refractivity contribution in [2.45, 2.75) is 152 Å². The van der Waals surface area contributed by atoms with Crippen LogP contribution in [0.3, 0.4) is 0 Å². The lowest BCUT2D eigenvalue weighted by molar-refractivity contribution is -0.277.